The Bertz CT molecular complexity index is 413. The number of hydrogen-bond acceptors (Lipinski definition) is 4. The summed E-state index contributed by atoms with van der Waals surface area (Å²) in [6.07, 6.45) is 2.91. The number of amides is 1. The van der Waals surface area contributed by atoms with Crippen molar-refractivity contribution >= 4 is 6.09 Å². The first kappa shape index (κ1) is 10.4. The Kier molecular flexibility index (Phi) is 3.01. The van der Waals surface area contributed by atoms with Crippen LogP contribution in [0.3, 0.4) is 0 Å². The first-order valence-electron chi connectivity index (χ1n) is 5.03. The van der Waals surface area contributed by atoms with Gasteiger partial charge in [-0.05, 0) is 17.7 Å². The van der Waals surface area contributed by atoms with Crippen molar-refractivity contribution in [1.82, 2.24) is 9.88 Å². The lowest BCUT2D eigenvalue weighted by Gasteiger charge is -2.28. The minimum absolute atomic E-state index is 0.422. The molecular formula is C11H11N3O2. The van der Waals surface area contributed by atoms with Crippen molar-refractivity contribution in [3.63, 3.8) is 0 Å². The van der Waals surface area contributed by atoms with Crippen LogP contribution in [0.1, 0.15) is 12.0 Å². The molecule has 1 aromatic rings. The number of nitriles is 1. The zero-order chi connectivity index (χ0) is 11.4. The molecule has 1 aromatic heterocycles. The second-order valence-corrected chi connectivity index (χ2v) is 3.57. The van der Waals surface area contributed by atoms with Crippen LogP contribution in [0, 0.1) is 11.3 Å². The summed E-state index contributed by atoms with van der Waals surface area (Å²) < 4.78 is 4.93. The lowest BCUT2D eigenvalue weighted by molar-refractivity contribution is 0.0448. The van der Waals surface area contributed by atoms with Crippen molar-refractivity contribution in [2.24, 2.45) is 0 Å². The highest BCUT2D eigenvalue weighted by atomic mass is 16.6. The van der Waals surface area contributed by atoms with Gasteiger partial charge in [0, 0.05) is 31.9 Å². The molecule has 5 heteroatoms. The Hall–Kier alpha value is -2.09. The summed E-state index contributed by atoms with van der Waals surface area (Å²) in [6, 6.07) is 5.64. The summed E-state index contributed by atoms with van der Waals surface area (Å²) in [5.74, 6) is 0. The molecule has 1 unspecified atom stereocenters. The molecule has 0 radical (unpaired) electrons. The molecule has 82 valence electrons. The van der Waals surface area contributed by atoms with E-state index < -0.39 is 12.2 Å². The average molecular weight is 217 g/mol. The number of carbonyl (C=O) groups is 1. The zero-order valence-electron chi connectivity index (χ0n) is 8.67. The van der Waals surface area contributed by atoms with E-state index in [2.05, 4.69) is 4.98 Å². The third kappa shape index (κ3) is 2.28. The topological polar surface area (TPSA) is 66.2 Å². The third-order valence-electron chi connectivity index (χ3n) is 2.43. The van der Waals surface area contributed by atoms with Gasteiger partial charge in [-0.2, -0.15) is 5.26 Å². The molecule has 0 aliphatic carbocycles. The Morgan fingerprint density at radius 2 is 2.31 bits per heavy atom. The predicted molar refractivity (Wildman–Crippen MR) is 55.1 cm³/mol. The van der Waals surface area contributed by atoms with Crippen molar-refractivity contribution in [3.05, 3.63) is 30.1 Å². The zero-order valence-corrected chi connectivity index (χ0v) is 8.67. The SMILES string of the molecule is N#CC1CCN(Cc2ccncc2)C(=O)O1. The quantitative estimate of drug-likeness (QED) is 0.749. The van der Waals surface area contributed by atoms with Crippen molar-refractivity contribution in [2.45, 2.75) is 19.1 Å². The van der Waals surface area contributed by atoms with Crippen LogP contribution in [0.25, 0.3) is 0 Å². The summed E-state index contributed by atoms with van der Waals surface area (Å²) >= 11 is 0. The minimum Gasteiger partial charge on any atom is -0.431 e. The van der Waals surface area contributed by atoms with E-state index in [-0.39, 0.29) is 0 Å². The van der Waals surface area contributed by atoms with E-state index in [1.54, 1.807) is 17.3 Å². The van der Waals surface area contributed by atoms with Crippen LogP contribution in [0.2, 0.25) is 0 Å². The highest BCUT2D eigenvalue weighted by molar-refractivity contribution is 5.68. The number of carbonyl (C=O) groups excluding carboxylic acids is 1. The first-order valence-corrected chi connectivity index (χ1v) is 5.03. The van der Waals surface area contributed by atoms with Crippen LogP contribution in [-0.2, 0) is 11.3 Å². The Morgan fingerprint density at radius 1 is 1.56 bits per heavy atom. The van der Waals surface area contributed by atoms with E-state index in [1.807, 2.05) is 18.2 Å². The van der Waals surface area contributed by atoms with Gasteiger partial charge in [-0.3, -0.25) is 4.98 Å². The fourth-order valence-corrected chi connectivity index (χ4v) is 1.56. The summed E-state index contributed by atoms with van der Waals surface area (Å²) in [5, 5.41) is 8.63. The molecule has 5 nitrogen and oxygen atoms in total. The highest BCUT2D eigenvalue weighted by Crippen LogP contribution is 2.14. The van der Waals surface area contributed by atoms with Gasteiger partial charge in [-0.25, -0.2) is 4.79 Å². The molecule has 0 N–H and O–H groups in total. The van der Waals surface area contributed by atoms with Crippen LogP contribution in [0.5, 0.6) is 0 Å². The molecule has 1 saturated heterocycles. The number of rotatable bonds is 2. The van der Waals surface area contributed by atoms with E-state index in [4.69, 9.17) is 10.00 Å². The molecule has 1 amide bonds. The molecule has 0 bridgehead atoms. The number of ether oxygens (including phenoxy) is 1. The molecule has 1 aliphatic rings. The number of nitrogens with zero attached hydrogens (tertiary/aromatic N) is 3. The van der Waals surface area contributed by atoms with Gasteiger partial charge in [0.15, 0.2) is 6.10 Å². The molecule has 1 atom stereocenters. The van der Waals surface area contributed by atoms with Crippen LogP contribution < -0.4 is 0 Å². The van der Waals surface area contributed by atoms with Gasteiger partial charge in [0.1, 0.15) is 6.07 Å². The van der Waals surface area contributed by atoms with Crippen LogP contribution in [0.15, 0.2) is 24.5 Å². The lowest BCUT2D eigenvalue weighted by Crippen LogP contribution is -2.40. The molecule has 2 heterocycles. The Balaban J connectivity index is 1.98. The summed E-state index contributed by atoms with van der Waals surface area (Å²) in [5.41, 5.74) is 1.00. The summed E-state index contributed by atoms with van der Waals surface area (Å²) in [6.45, 7) is 1.05. The largest absolute Gasteiger partial charge is 0.431 e. The number of cyclic esters (lactones) is 1. The summed E-state index contributed by atoms with van der Waals surface area (Å²) in [7, 11) is 0. The smallest absolute Gasteiger partial charge is 0.411 e. The molecule has 0 aromatic carbocycles. The second kappa shape index (κ2) is 4.62. The van der Waals surface area contributed by atoms with E-state index >= 15 is 0 Å². The van der Waals surface area contributed by atoms with E-state index in [1.165, 1.54) is 0 Å². The molecule has 2 rings (SSSR count). The number of aromatic nitrogens is 1. The Labute approximate surface area is 93.3 Å². The van der Waals surface area contributed by atoms with Gasteiger partial charge in [-0.1, -0.05) is 0 Å². The van der Waals surface area contributed by atoms with E-state index in [9.17, 15) is 4.79 Å². The fourth-order valence-electron chi connectivity index (χ4n) is 1.56. The van der Waals surface area contributed by atoms with Crippen LogP contribution >= 0.6 is 0 Å². The van der Waals surface area contributed by atoms with Crippen molar-refractivity contribution in [1.29, 1.82) is 5.26 Å². The van der Waals surface area contributed by atoms with Gasteiger partial charge < -0.3 is 9.64 Å². The van der Waals surface area contributed by atoms with Crippen LogP contribution in [0.4, 0.5) is 4.79 Å². The van der Waals surface area contributed by atoms with Gasteiger partial charge in [0.05, 0.1) is 0 Å². The minimum atomic E-state index is -0.596. The normalized spacial score (nSPS) is 20.1. The van der Waals surface area contributed by atoms with Gasteiger partial charge in [-0.15, -0.1) is 0 Å². The Morgan fingerprint density at radius 3 is 2.94 bits per heavy atom. The average Bonchev–Trinajstić information content (AvgIpc) is 2.33. The number of pyridine rings is 1. The highest BCUT2D eigenvalue weighted by Gasteiger charge is 2.26. The molecule has 0 spiro atoms. The molecule has 1 aliphatic heterocycles. The maximum atomic E-state index is 11.5. The lowest BCUT2D eigenvalue weighted by atomic mass is 10.2. The van der Waals surface area contributed by atoms with Gasteiger partial charge in [0.25, 0.3) is 0 Å². The fraction of sp³-hybridized carbons (Fsp3) is 0.364. The van der Waals surface area contributed by atoms with Crippen LogP contribution in [-0.4, -0.2) is 28.6 Å². The molecular weight excluding hydrogens is 206 g/mol. The second-order valence-electron chi connectivity index (χ2n) is 3.57. The molecule has 1 fully saturated rings. The van der Waals surface area contributed by atoms with E-state index in [0.29, 0.717) is 19.5 Å². The predicted octanol–water partition coefficient (Wildman–Crippen LogP) is 1.32. The monoisotopic (exact) mass is 217 g/mol. The first-order chi connectivity index (χ1) is 7.79. The number of hydrogen-bond donors (Lipinski definition) is 0. The summed E-state index contributed by atoms with van der Waals surface area (Å²) in [4.78, 5) is 17.0. The van der Waals surface area contributed by atoms with E-state index in [0.717, 1.165) is 5.56 Å². The standard InChI is InChI=1S/C11H11N3O2/c12-7-10-3-6-14(11(15)16-10)8-9-1-4-13-5-2-9/h1-2,4-5,10H,3,6,8H2. The van der Waals surface area contributed by atoms with Gasteiger partial charge >= 0.3 is 6.09 Å². The maximum absolute atomic E-state index is 11.5. The van der Waals surface area contributed by atoms with Crippen molar-refractivity contribution in [2.75, 3.05) is 6.54 Å². The molecule has 16 heavy (non-hydrogen) atoms. The van der Waals surface area contributed by atoms with Crippen molar-refractivity contribution < 1.29 is 9.53 Å². The maximum Gasteiger partial charge on any atom is 0.411 e. The third-order valence-corrected chi connectivity index (χ3v) is 2.43. The van der Waals surface area contributed by atoms with Gasteiger partial charge in [0.2, 0.25) is 0 Å². The van der Waals surface area contributed by atoms with Crippen molar-refractivity contribution in [3.8, 4) is 6.07 Å². The molecule has 0 saturated carbocycles.